The Balaban J connectivity index is 2.67. The van der Waals surface area contributed by atoms with Gasteiger partial charge in [-0.05, 0) is 30.7 Å². The standard InChI is InChI=1S/C9H11F2NO/c1-6-4-7(12)2-3-8(6)13-5-9(10)11/h2-4,9H,5,12H2,1H3. The molecular weight excluding hydrogens is 176 g/mol. The number of benzene rings is 1. The first-order valence-corrected chi connectivity index (χ1v) is 3.86. The second-order valence-electron chi connectivity index (χ2n) is 2.73. The van der Waals surface area contributed by atoms with Crippen LogP contribution in [0.4, 0.5) is 14.5 Å². The van der Waals surface area contributed by atoms with E-state index in [9.17, 15) is 8.78 Å². The molecule has 0 unspecified atom stereocenters. The molecular formula is C9H11F2NO. The fourth-order valence-corrected chi connectivity index (χ4v) is 0.987. The second kappa shape index (κ2) is 4.07. The van der Waals surface area contributed by atoms with Crippen molar-refractivity contribution in [2.45, 2.75) is 13.3 Å². The van der Waals surface area contributed by atoms with E-state index in [4.69, 9.17) is 10.5 Å². The quantitative estimate of drug-likeness (QED) is 0.736. The van der Waals surface area contributed by atoms with Crippen LogP contribution in [0.2, 0.25) is 0 Å². The number of nitrogens with two attached hydrogens (primary N) is 1. The van der Waals surface area contributed by atoms with Gasteiger partial charge in [0.05, 0.1) is 0 Å². The molecule has 2 N–H and O–H groups in total. The number of nitrogen functional groups attached to an aromatic ring is 1. The Morgan fingerprint density at radius 3 is 2.69 bits per heavy atom. The van der Waals surface area contributed by atoms with Crippen molar-refractivity contribution < 1.29 is 13.5 Å². The third-order valence-electron chi connectivity index (χ3n) is 1.56. The molecule has 0 heterocycles. The molecule has 1 aromatic rings. The second-order valence-corrected chi connectivity index (χ2v) is 2.73. The molecule has 0 saturated carbocycles. The van der Waals surface area contributed by atoms with Crippen molar-refractivity contribution in [1.82, 2.24) is 0 Å². The first kappa shape index (κ1) is 9.77. The highest BCUT2D eigenvalue weighted by atomic mass is 19.3. The molecule has 0 amide bonds. The van der Waals surface area contributed by atoms with E-state index in [1.54, 1.807) is 25.1 Å². The van der Waals surface area contributed by atoms with E-state index >= 15 is 0 Å². The van der Waals surface area contributed by atoms with E-state index in [0.717, 1.165) is 5.56 Å². The lowest BCUT2D eigenvalue weighted by Gasteiger charge is -2.08. The van der Waals surface area contributed by atoms with Crippen LogP contribution < -0.4 is 10.5 Å². The van der Waals surface area contributed by atoms with Crippen molar-refractivity contribution in [3.8, 4) is 5.75 Å². The highest BCUT2D eigenvalue weighted by Crippen LogP contribution is 2.20. The molecule has 0 atom stereocenters. The molecule has 0 saturated heterocycles. The van der Waals surface area contributed by atoms with Crippen molar-refractivity contribution in [2.24, 2.45) is 0 Å². The van der Waals surface area contributed by atoms with Crippen molar-refractivity contribution >= 4 is 5.69 Å². The molecule has 0 fully saturated rings. The van der Waals surface area contributed by atoms with Crippen LogP contribution in [0.15, 0.2) is 18.2 Å². The summed E-state index contributed by atoms with van der Waals surface area (Å²) in [7, 11) is 0. The van der Waals surface area contributed by atoms with Gasteiger partial charge in [-0.3, -0.25) is 0 Å². The summed E-state index contributed by atoms with van der Waals surface area (Å²) in [6, 6.07) is 4.89. The number of hydrogen-bond donors (Lipinski definition) is 1. The summed E-state index contributed by atoms with van der Waals surface area (Å²) in [5.74, 6) is 0.453. The van der Waals surface area contributed by atoms with Gasteiger partial charge in [0.15, 0.2) is 0 Å². The number of aryl methyl sites for hydroxylation is 1. The molecule has 72 valence electrons. The van der Waals surface area contributed by atoms with Crippen LogP contribution in [0.25, 0.3) is 0 Å². The Morgan fingerprint density at radius 2 is 2.15 bits per heavy atom. The largest absolute Gasteiger partial charge is 0.487 e. The normalized spacial score (nSPS) is 10.5. The minimum Gasteiger partial charge on any atom is -0.487 e. The number of anilines is 1. The smallest absolute Gasteiger partial charge is 0.272 e. The van der Waals surface area contributed by atoms with E-state index in [0.29, 0.717) is 11.4 Å². The van der Waals surface area contributed by atoms with E-state index in [1.807, 2.05) is 0 Å². The Kier molecular flexibility index (Phi) is 3.06. The first-order chi connectivity index (χ1) is 6.09. The van der Waals surface area contributed by atoms with Crippen LogP contribution in [0, 0.1) is 6.92 Å². The molecule has 0 aliphatic heterocycles. The summed E-state index contributed by atoms with van der Waals surface area (Å²) >= 11 is 0. The highest BCUT2D eigenvalue weighted by molar-refractivity contribution is 5.47. The molecule has 1 aromatic carbocycles. The fourth-order valence-electron chi connectivity index (χ4n) is 0.987. The molecule has 1 rings (SSSR count). The average molecular weight is 187 g/mol. The van der Waals surface area contributed by atoms with Gasteiger partial charge in [-0.25, -0.2) is 8.78 Å². The number of halogens is 2. The Bertz CT molecular complexity index is 289. The summed E-state index contributed by atoms with van der Waals surface area (Å²) in [6.07, 6.45) is -2.45. The van der Waals surface area contributed by atoms with Gasteiger partial charge in [0.1, 0.15) is 12.4 Å². The van der Waals surface area contributed by atoms with Crippen LogP contribution >= 0.6 is 0 Å². The van der Waals surface area contributed by atoms with Gasteiger partial charge in [-0.15, -0.1) is 0 Å². The number of rotatable bonds is 3. The zero-order valence-corrected chi connectivity index (χ0v) is 7.26. The topological polar surface area (TPSA) is 35.2 Å². The van der Waals surface area contributed by atoms with Crippen molar-refractivity contribution in [2.75, 3.05) is 12.3 Å². The molecule has 0 aromatic heterocycles. The zero-order chi connectivity index (χ0) is 9.84. The Labute approximate surface area is 75.3 Å². The minimum atomic E-state index is -2.45. The van der Waals surface area contributed by atoms with Crippen molar-refractivity contribution in [3.05, 3.63) is 23.8 Å². The highest BCUT2D eigenvalue weighted by Gasteiger charge is 2.05. The SMILES string of the molecule is Cc1cc(N)ccc1OCC(F)F. The van der Waals surface area contributed by atoms with Gasteiger partial charge in [0.2, 0.25) is 0 Å². The van der Waals surface area contributed by atoms with E-state index in [2.05, 4.69) is 0 Å². The lowest BCUT2D eigenvalue weighted by atomic mass is 10.2. The van der Waals surface area contributed by atoms with Gasteiger partial charge in [-0.2, -0.15) is 0 Å². The molecule has 13 heavy (non-hydrogen) atoms. The van der Waals surface area contributed by atoms with E-state index in [1.165, 1.54) is 0 Å². The Hall–Kier alpha value is -1.32. The molecule has 0 spiro atoms. The maximum atomic E-state index is 11.8. The molecule has 0 radical (unpaired) electrons. The monoisotopic (exact) mass is 187 g/mol. The third-order valence-corrected chi connectivity index (χ3v) is 1.56. The molecule has 0 aliphatic rings. The van der Waals surface area contributed by atoms with Crippen molar-refractivity contribution in [1.29, 1.82) is 0 Å². The lowest BCUT2D eigenvalue weighted by Crippen LogP contribution is -2.07. The van der Waals surface area contributed by atoms with E-state index < -0.39 is 13.0 Å². The van der Waals surface area contributed by atoms with Crippen LogP contribution in [0.5, 0.6) is 5.75 Å². The average Bonchev–Trinajstić information content (AvgIpc) is 2.02. The number of ether oxygens (including phenoxy) is 1. The van der Waals surface area contributed by atoms with Crippen molar-refractivity contribution in [3.63, 3.8) is 0 Å². The summed E-state index contributed by atoms with van der Waals surface area (Å²) in [4.78, 5) is 0. The molecule has 0 aliphatic carbocycles. The molecule has 2 nitrogen and oxygen atoms in total. The predicted octanol–water partition coefficient (Wildman–Crippen LogP) is 2.22. The van der Waals surface area contributed by atoms with Crippen LogP contribution in [0.3, 0.4) is 0 Å². The van der Waals surface area contributed by atoms with Crippen LogP contribution in [-0.4, -0.2) is 13.0 Å². The summed E-state index contributed by atoms with van der Waals surface area (Å²) in [5.41, 5.74) is 6.84. The molecule has 4 heteroatoms. The lowest BCUT2D eigenvalue weighted by molar-refractivity contribution is 0.0816. The van der Waals surface area contributed by atoms with E-state index in [-0.39, 0.29) is 0 Å². The number of alkyl halides is 2. The minimum absolute atomic E-state index is 0.453. The van der Waals surface area contributed by atoms with Crippen LogP contribution in [-0.2, 0) is 0 Å². The van der Waals surface area contributed by atoms with Gasteiger partial charge in [0.25, 0.3) is 6.43 Å². The maximum Gasteiger partial charge on any atom is 0.272 e. The molecule has 0 bridgehead atoms. The number of hydrogen-bond acceptors (Lipinski definition) is 2. The third kappa shape index (κ3) is 2.89. The zero-order valence-electron chi connectivity index (χ0n) is 7.26. The van der Waals surface area contributed by atoms with Crippen LogP contribution in [0.1, 0.15) is 5.56 Å². The summed E-state index contributed by atoms with van der Waals surface area (Å²) in [6.45, 7) is 1.18. The first-order valence-electron chi connectivity index (χ1n) is 3.86. The van der Waals surface area contributed by atoms with Gasteiger partial charge in [0, 0.05) is 5.69 Å². The fraction of sp³-hybridized carbons (Fsp3) is 0.333. The maximum absolute atomic E-state index is 11.8. The van der Waals surface area contributed by atoms with Gasteiger partial charge < -0.3 is 10.5 Å². The predicted molar refractivity (Wildman–Crippen MR) is 47.1 cm³/mol. The van der Waals surface area contributed by atoms with Gasteiger partial charge >= 0.3 is 0 Å². The Morgan fingerprint density at radius 1 is 1.46 bits per heavy atom. The van der Waals surface area contributed by atoms with Gasteiger partial charge in [-0.1, -0.05) is 0 Å². The summed E-state index contributed by atoms with van der Waals surface area (Å²) < 4.78 is 28.4. The summed E-state index contributed by atoms with van der Waals surface area (Å²) in [5, 5.41) is 0.